The molecule has 0 radical (unpaired) electrons. The van der Waals surface area contributed by atoms with E-state index in [-0.39, 0.29) is 32.7 Å². The maximum atomic E-state index is 12.2. The fraction of sp³-hybridized carbons (Fsp3) is 0. The van der Waals surface area contributed by atoms with Crippen LogP contribution in [0, 0.1) is 20.2 Å². The van der Waals surface area contributed by atoms with Gasteiger partial charge in [0, 0.05) is 23.9 Å². The highest BCUT2D eigenvalue weighted by Crippen LogP contribution is 2.28. The van der Waals surface area contributed by atoms with Crippen molar-refractivity contribution >= 4 is 46.2 Å². The first-order valence-corrected chi connectivity index (χ1v) is 6.74. The third-order valence-electron chi connectivity index (χ3n) is 2.81. The van der Waals surface area contributed by atoms with E-state index in [0.717, 1.165) is 18.2 Å². The molecule has 118 valence electrons. The van der Waals surface area contributed by atoms with Gasteiger partial charge in [-0.3, -0.25) is 25.0 Å². The van der Waals surface area contributed by atoms with Gasteiger partial charge in [-0.2, -0.15) is 0 Å². The Hall–Kier alpha value is -2.71. The highest BCUT2D eigenvalue weighted by molar-refractivity contribution is 6.34. The van der Waals surface area contributed by atoms with E-state index in [2.05, 4.69) is 5.32 Å². The largest absolute Gasteiger partial charge is 0.322 e. The fourth-order valence-corrected chi connectivity index (χ4v) is 2.12. The topological polar surface area (TPSA) is 115 Å². The van der Waals surface area contributed by atoms with E-state index in [0.29, 0.717) is 0 Å². The Morgan fingerprint density at radius 3 is 2.22 bits per heavy atom. The molecular weight excluding hydrogens is 349 g/mol. The van der Waals surface area contributed by atoms with Gasteiger partial charge in [0.15, 0.2) is 0 Å². The lowest BCUT2D eigenvalue weighted by atomic mass is 10.1. The van der Waals surface area contributed by atoms with Crippen LogP contribution >= 0.6 is 23.2 Å². The second-order valence-corrected chi connectivity index (χ2v) is 5.11. The van der Waals surface area contributed by atoms with Crippen LogP contribution in [0.4, 0.5) is 17.1 Å². The zero-order valence-corrected chi connectivity index (χ0v) is 12.7. The number of carbonyl (C=O) groups excluding carboxylic acids is 1. The third-order valence-corrected chi connectivity index (χ3v) is 3.46. The standard InChI is InChI=1S/C13H7Cl2N3O5/c14-10-4-2-8(17(20)21)6-9(10)13(19)16-7-1-3-11(15)12(5-7)18(22)23/h1-6H,(H,16,19). The number of nitrogens with zero attached hydrogens (tertiary/aromatic N) is 2. The van der Waals surface area contributed by atoms with Crippen LogP contribution < -0.4 is 5.32 Å². The van der Waals surface area contributed by atoms with Gasteiger partial charge in [0.25, 0.3) is 17.3 Å². The number of hydrogen-bond donors (Lipinski definition) is 1. The van der Waals surface area contributed by atoms with E-state index in [9.17, 15) is 25.0 Å². The molecule has 2 rings (SSSR count). The Bertz CT molecular complexity index is 825. The van der Waals surface area contributed by atoms with Crippen molar-refractivity contribution in [3.05, 3.63) is 72.2 Å². The van der Waals surface area contributed by atoms with Gasteiger partial charge in [-0.15, -0.1) is 0 Å². The van der Waals surface area contributed by atoms with E-state index in [4.69, 9.17) is 23.2 Å². The summed E-state index contributed by atoms with van der Waals surface area (Å²) in [6.07, 6.45) is 0. The molecule has 8 nitrogen and oxygen atoms in total. The molecule has 0 aliphatic carbocycles. The van der Waals surface area contributed by atoms with Crippen LogP contribution in [-0.2, 0) is 0 Å². The van der Waals surface area contributed by atoms with Crippen molar-refractivity contribution in [2.45, 2.75) is 0 Å². The SMILES string of the molecule is O=C(Nc1ccc(Cl)c([N+](=O)[O-])c1)c1cc([N+](=O)[O-])ccc1Cl. The zero-order valence-electron chi connectivity index (χ0n) is 11.2. The highest BCUT2D eigenvalue weighted by Gasteiger charge is 2.18. The Labute approximate surface area is 138 Å². The first kappa shape index (κ1) is 16.7. The van der Waals surface area contributed by atoms with Crippen molar-refractivity contribution in [2.24, 2.45) is 0 Å². The Morgan fingerprint density at radius 1 is 0.957 bits per heavy atom. The molecular formula is C13H7Cl2N3O5. The number of benzene rings is 2. The van der Waals surface area contributed by atoms with Crippen LogP contribution in [0.15, 0.2) is 36.4 Å². The quantitative estimate of drug-likeness (QED) is 0.655. The molecule has 0 bridgehead atoms. The summed E-state index contributed by atoms with van der Waals surface area (Å²) in [6.45, 7) is 0. The molecule has 0 aliphatic heterocycles. The number of amides is 1. The number of halogens is 2. The first-order chi connectivity index (χ1) is 10.8. The van der Waals surface area contributed by atoms with Gasteiger partial charge in [-0.25, -0.2) is 0 Å². The maximum absolute atomic E-state index is 12.2. The minimum atomic E-state index is -0.740. The molecule has 10 heteroatoms. The van der Waals surface area contributed by atoms with Crippen molar-refractivity contribution in [3.8, 4) is 0 Å². The van der Waals surface area contributed by atoms with E-state index >= 15 is 0 Å². The Morgan fingerprint density at radius 2 is 1.61 bits per heavy atom. The van der Waals surface area contributed by atoms with Crippen molar-refractivity contribution in [3.63, 3.8) is 0 Å². The fourth-order valence-electron chi connectivity index (χ4n) is 1.73. The number of nitrogens with one attached hydrogen (secondary N) is 1. The summed E-state index contributed by atoms with van der Waals surface area (Å²) in [5.41, 5.74) is -0.705. The van der Waals surface area contributed by atoms with Crippen molar-refractivity contribution in [2.75, 3.05) is 5.32 Å². The minimum Gasteiger partial charge on any atom is -0.322 e. The molecule has 0 aromatic heterocycles. The van der Waals surface area contributed by atoms with E-state index < -0.39 is 15.8 Å². The van der Waals surface area contributed by atoms with Crippen LogP contribution in [-0.4, -0.2) is 15.8 Å². The smallest absolute Gasteiger partial charge is 0.289 e. The molecule has 0 atom stereocenters. The molecule has 2 aromatic carbocycles. The number of nitro benzene ring substituents is 2. The zero-order chi connectivity index (χ0) is 17.1. The molecule has 0 saturated carbocycles. The molecule has 2 aromatic rings. The average Bonchev–Trinajstić information content (AvgIpc) is 2.49. The maximum Gasteiger partial charge on any atom is 0.289 e. The molecule has 0 heterocycles. The van der Waals surface area contributed by atoms with Gasteiger partial charge in [0.1, 0.15) is 5.02 Å². The molecule has 0 spiro atoms. The summed E-state index contributed by atoms with van der Waals surface area (Å²) in [5.74, 6) is -0.740. The molecule has 0 saturated heterocycles. The van der Waals surface area contributed by atoms with E-state index in [1.165, 1.54) is 18.2 Å². The first-order valence-electron chi connectivity index (χ1n) is 5.99. The van der Waals surface area contributed by atoms with E-state index in [1.54, 1.807) is 0 Å². The minimum absolute atomic E-state index is 0.0107. The van der Waals surface area contributed by atoms with Crippen molar-refractivity contribution in [1.82, 2.24) is 0 Å². The predicted molar refractivity (Wildman–Crippen MR) is 84.2 cm³/mol. The van der Waals surface area contributed by atoms with Crippen LogP contribution in [0.3, 0.4) is 0 Å². The number of hydrogen-bond acceptors (Lipinski definition) is 5. The second kappa shape index (κ2) is 6.59. The molecule has 0 aliphatic rings. The molecule has 23 heavy (non-hydrogen) atoms. The number of non-ortho nitro benzene ring substituents is 1. The van der Waals surface area contributed by atoms with E-state index in [1.807, 2.05) is 0 Å². The summed E-state index contributed by atoms with van der Waals surface area (Å²) >= 11 is 11.5. The molecule has 0 fully saturated rings. The summed E-state index contributed by atoms with van der Waals surface area (Å²) in [5, 5.41) is 23.9. The normalized spacial score (nSPS) is 10.2. The van der Waals surface area contributed by atoms with Crippen LogP contribution in [0.5, 0.6) is 0 Å². The summed E-state index contributed by atoms with van der Waals surface area (Å²) in [6, 6.07) is 7.08. The molecule has 1 N–H and O–H groups in total. The van der Waals surface area contributed by atoms with Gasteiger partial charge < -0.3 is 5.32 Å². The lowest BCUT2D eigenvalue weighted by molar-refractivity contribution is -0.385. The predicted octanol–water partition coefficient (Wildman–Crippen LogP) is 4.06. The lowest BCUT2D eigenvalue weighted by Gasteiger charge is -2.07. The highest BCUT2D eigenvalue weighted by atomic mass is 35.5. The van der Waals surface area contributed by atoms with Gasteiger partial charge in [-0.1, -0.05) is 23.2 Å². The van der Waals surface area contributed by atoms with Crippen molar-refractivity contribution < 1.29 is 14.6 Å². The molecule has 0 unspecified atom stereocenters. The van der Waals surface area contributed by atoms with Crippen LogP contribution in [0.25, 0.3) is 0 Å². The molecule has 1 amide bonds. The number of anilines is 1. The second-order valence-electron chi connectivity index (χ2n) is 4.30. The Kier molecular flexibility index (Phi) is 4.77. The summed E-state index contributed by atoms with van der Waals surface area (Å²) in [7, 11) is 0. The van der Waals surface area contributed by atoms with Crippen molar-refractivity contribution in [1.29, 1.82) is 0 Å². The van der Waals surface area contributed by atoms with Gasteiger partial charge in [0.05, 0.1) is 20.4 Å². The third kappa shape index (κ3) is 3.74. The van der Waals surface area contributed by atoms with Gasteiger partial charge in [0.2, 0.25) is 0 Å². The van der Waals surface area contributed by atoms with Gasteiger partial charge >= 0.3 is 0 Å². The van der Waals surface area contributed by atoms with Crippen LogP contribution in [0.2, 0.25) is 10.0 Å². The van der Waals surface area contributed by atoms with Crippen LogP contribution in [0.1, 0.15) is 10.4 Å². The number of carbonyl (C=O) groups is 1. The average molecular weight is 356 g/mol. The summed E-state index contributed by atoms with van der Waals surface area (Å²) < 4.78 is 0. The number of nitro groups is 2. The number of rotatable bonds is 4. The van der Waals surface area contributed by atoms with Gasteiger partial charge in [-0.05, 0) is 18.2 Å². The summed E-state index contributed by atoms with van der Waals surface area (Å²) in [4.78, 5) is 32.4. The monoisotopic (exact) mass is 355 g/mol. The Balaban J connectivity index is 2.33. The lowest BCUT2D eigenvalue weighted by Crippen LogP contribution is -2.13.